The minimum absolute atomic E-state index is 0.177. The molecule has 6 heteroatoms. The number of H-pyrrole nitrogens is 1. The lowest BCUT2D eigenvalue weighted by Crippen LogP contribution is -2.31. The van der Waals surface area contributed by atoms with E-state index < -0.39 is 5.56 Å². The molecular formula is C12H17N3O3. The summed E-state index contributed by atoms with van der Waals surface area (Å²) in [6.45, 7) is 1.60. The molecule has 2 rings (SSSR count). The quantitative estimate of drug-likeness (QED) is 0.603. The van der Waals surface area contributed by atoms with Gasteiger partial charge >= 0.3 is 0 Å². The summed E-state index contributed by atoms with van der Waals surface area (Å²) in [5.74, 6) is -0.639. The number of aromatic hydroxyl groups is 1. The minimum atomic E-state index is -0.488. The number of carbonyl (C=O) groups is 1. The Morgan fingerprint density at radius 2 is 2.33 bits per heavy atom. The Balaban J connectivity index is 1.85. The maximum atomic E-state index is 11.7. The molecule has 1 saturated heterocycles. The summed E-state index contributed by atoms with van der Waals surface area (Å²) in [4.78, 5) is 25.0. The molecule has 1 fully saturated rings. The Bertz CT molecular complexity index is 478. The predicted octanol–water partition coefficient (Wildman–Crippen LogP) is -0.0476. The van der Waals surface area contributed by atoms with Crippen LogP contribution >= 0.6 is 0 Å². The second-order valence-corrected chi connectivity index (χ2v) is 4.46. The summed E-state index contributed by atoms with van der Waals surface area (Å²) in [6, 6.07) is 2.88. The van der Waals surface area contributed by atoms with Crippen molar-refractivity contribution < 1.29 is 9.90 Å². The number of nitrogens with one attached hydrogen (secondary N) is 3. The maximum absolute atomic E-state index is 11.7. The van der Waals surface area contributed by atoms with Gasteiger partial charge in [-0.1, -0.05) is 0 Å². The number of hydrogen-bond acceptors (Lipinski definition) is 4. The number of amides is 1. The van der Waals surface area contributed by atoms with Crippen LogP contribution in [-0.2, 0) is 0 Å². The number of rotatable bonds is 4. The van der Waals surface area contributed by atoms with Crippen molar-refractivity contribution in [2.24, 2.45) is 0 Å². The van der Waals surface area contributed by atoms with E-state index in [2.05, 4.69) is 15.6 Å². The van der Waals surface area contributed by atoms with Gasteiger partial charge in [-0.2, -0.15) is 0 Å². The summed E-state index contributed by atoms with van der Waals surface area (Å²) >= 11 is 0. The number of aromatic amines is 1. The Hall–Kier alpha value is -1.82. The first-order valence-electron chi connectivity index (χ1n) is 6.10. The van der Waals surface area contributed by atoms with Gasteiger partial charge in [-0.05, 0) is 25.8 Å². The van der Waals surface area contributed by atoms with Gasteiger partial charge in [0.1, 0.15) is 0 Å². The molecule has 0 saturated carbocycles. The molecule has 1 aromatic heterocycles. The third kappa shape index (κ3) is 3.33. The largest absolute Gasteiger partial charge is 0.494 e. The topological polar surface area (TPSA) is 94.2 Å². The van der Waals surface area contributed by atoms with E-state index in [1.165, 1.54) is 18.6 Å². The monoisotopic (exact) mass is 251 g/mol. The predicted molar refractivity (Wildman–Crippen MR) is 66.7 cm³/mol. The fourth-order valence-electron chi connectivity index (χ4n) is 2.12. The molecule has 4 N–H and O–H groups in total. The summed E-state index contributed by atoms with van der Waals surface area (Å²) in [5, 5.41) is 15.3. The Morgan fingerprint density at radius 1 is 1.50 bits per heavy atom. The van der Waals surface area contributed by atoms with Crippen LogP contribution in [0, 0.1) is 0 Å². The molecule has 0 spiro atoms. The standard InChI is InChI=1S/C12H17N3O3/c16-10-6-8(7-11(17)15-10)12(18)14-5-3-9-2-1-4-13-9/h6-7,9,13H,1-5H2,(H,14,18)(H2,15,16,17)/t9-/m0/s1. The second-order valence-electron chi connectivity index (χ2n) is 4.46. The van der Waals surface area contributed by atoms with Crippen LogP contribution in [0.2, 0.25) is 0 Å². The normalized spacial score (nSPS) is 18.8. The molecule has 6 nitrogen and oxygen atoms in total. The third-order valence-corrected chi connectivity index (χ3v) is 3.03. The molecular weight excluding hydrogens is 234 g/mol. The molecule has 1 aliphatic heterocycles. The summed E-state index contributed by atoms with van der Waals surface area (Å²) < 4.78 is 0. The van der Waals surface area contributed by atoms with Gasteiger partial charge in [0.05, 0.1) is 5.56 Å². The van der Waals surface area contributed by atoms with Crippen LogP contribution in [0.4, 0.5) is 0 Å². The second kappa shape index (κ2) is 5.68. The zero-order valence-corrected chi connectivity index (χ0v) is 10.0. The first-order valence-corrected chi connectivity index (χ1v) is 6.10. The molecule has 0 aliphatic carbocycles. The van der Waals surface area contributed by atoms with Crippen molar-refractivity contribution in [1.29, 1.82) is 0 Å². The van der Waals surface area contributed by atoms with Crippen molar-refractivity contribution in [2.75, 3.05) is 13.1 Å². The SMILES string of the molecule is O=C(NCC[C@@H]1CCCN1)c1cc(O)[nH]c(=O)c1. The van der Waals surface area contributed by atoms with Gasteiger partial charge in [-0.3, -0.25) is 14.6 Å². The zero-order valence-electron chi connectivity index (χ0n) is 10.0. The fraction of sp³-hybridized carbons (Fsp3) is 0.500. The van der Waals surface area contributed by atoms with E-state index in [1.807, 2.05) is 0 Å². The molecule has 98 valence electrons. The zero-order chi connectivity index (χ0) is 13.0. The van der Waals surface area contributed by atoms with Gasteiger partial charge in [0.25, 0.3) is 11.5 Å². The van der Waals surface area contributed by atoms with Crippen molar-refractivity contribution in [1.82, 2.24) is 15.6 Å². The number of carbonyl (C=O) groups excluding carboxylic acids is 1. The molecule has 1 atom stereocenters. The molecule has 0 unspecified atom stereocenters. The number of aromatic nitrogens is 1. The number of pyridine rings is 1. The van der Waals surface area contributed by atoms with Crippen LogP contribution in [0.25, 0.3) is 0 Å². The van der Waals surface area contributed by atoms with E-state index in [9.17, 15) is 14.7 Å². The summed E-state index contributed by atoms with van der Waals surface area (Å²) in [7, 11) is 0. The van der Waals surface area contributed by atoms with Crippen LogP contribution in [0.1, 0.15) is 29.6 Å². The van der Waals surface area contributed by atoms with E-state index in [1.54, 1.807) is 0 Å². The lowest BCUT2D eigenvalue weighted by molar-refractivity contribution is 0.0951. The van der Waals surface area contributed by atoms with Crippen molar-refractivity contribution in [3.63, 3.8) is 0 Å². The van der Waals surface area contributed by atoms with Gasteiger partial charge in [-0.25, -0.2) is 0 Å². The van der Waals surface area contributed by atoms with Gasteiger partial charge in [0.15, 0.2) is 5.88 Å². The molecule has 1 aliphatic rings. The molecule has 18 heavy (non-hydrogen) atoms. The van der Waals surface area contributed by atoms with Crippen molar-refractivity contribution in [2.45, 2.75) is 25.3 Å². The van der Waals surface area contributed by atoms with Gasteiger partial charge in [-0.15, -0.1) is 0 Å². The van der Waals surface area contributed by atoms with Crippen LogP contribution in [-0.4, -0.2) is 35.1 Å². The van der Waals surface area contributed by atoms with Gasteiger partial charge in [0.2, 0.25) is 0 Å². The summed E-state index contributed by atoms with van der Waals surface area (Å²) in [5.41, 5.74) is -0.312. The molecule has 0 aromatic carbocycles. The molecule has 1 amide bonds. The fourth-order valence-corrected chi connectivity index (χ4v) is 2.12. The van der Waals surface area contributed by atoms with E-state index in [0.717, 1.165) is 19.4 Å². The van der Waals surface area contributed by atoms with E-state index >= 15 is 0 Å². The lowest BCUT2D eigenvalue weighted by Gasteiger charge is -2.10. The van der Waals surface area contributed by atoms with E-state index in [4.69, 9.17) is 0 Å². The highest BCUT2D eigenvalue weighted by Gasteiger charge is 2.14. The minimum Gasteiger partial charge on any atom is -0.494 e. The Kier molecular flexibility index (Phi) is 3.99. The smallest absolute Gasteiger partial charge is 0.251 e. The Morgan fingerprint density at radius 3 is 3.00 bits per heavy atom. The van der Waals surface area contributed by atoms with E-state index in [0.29, 0.717) is 12.6 Å². The van der Waals surface area contributed by atoms with Crippen molar-refractivity contribution in [3.8, 4) is 5.88 Å². The average molecular weight is 251 g/mol. The van der Waals surface area contributed by atoms with Crippen LogP contribution < -0.4 is 16.2 Å². The maximum Gasteiger partial charge on any atom is 0.251 e. The average Bonchev–Trinajstić information content (AvgIpc) is 2.80. The first kappa shape index (κ1) is 12.6. The number of hydrogen-bond donors (Lipinski definition) is 4. The summed E-state index contributed by atoms with van der Waals surface area (Å²) in [6.07, 6.45) is 3.20. The molecule has 0 radical (unpaired) electrons. The first-order chi connectivity index (χ1) is 8.65. The van der Waals surface area contributed by atoms with Gasteiger partial charge < -0.3 is 15.7 Å². The van der Waals surface area contributed by atoms with Crippen LogP contribution in [0.5, 0.6) is 5.88 Å². The molecule has 1 aromatic rings. The lowest BCUT2D eigenvalue weighted by atomic mass is 10.1. The van der Waals surface area contributed by atoms with Gasteiger partial charge in [0, 0.05) is 24.7 Å². The third-order valence-electron chi connectivity index (χ3n) is 3.03. The van der Waals surface area contributed by atoms with Crippen molar-refractivity contribution in [3.05, 3.63) is 28.0 Å². The van der Waals surface area contributed by atoms with E-state index in [-0.39, 0.29) is 17.4 Å². The van der Waals surface area contributed by atoms with Crippen molar-refractivity contribution >= 4 is 5.91 Å². The Labute approximate surface area is 104 Å². The van der Waals surface area contributed by atoms with Crippen LogP contribution in [0.3, 0.4) is 0 Å². The van der Waals surface area contributed by atoms with Crippen LogP contribution in [0.15, 0.2) is 16.9 Å². The molecule has 0 bridgehead atoms. The highest BCUT2D eigenvalue weighted by Crippen LogP contribution is 2.08. The highest BCUT2D eigenvalue weighted by molar-refractivity contribution is 5.94. The highest BCUT2D eigenvalue weighted by atomic mass is 16.3. The molecule has 2 heterocycles.